The molecular formula is C16H14ClF3N4O. The van der Waals surface area contributed by atoms with Crippen molar-refractivity contribution in [1.29, 1.82) is 0 Å². The minimum Gasteiger partial charge on any atom is -0.450 e. The summed E-state index contributed by atoms with van der Waals surface area (Å²) in [7, 11) is 1.97. The van der Waals surface area contributed by atoms with Crippen molar-refractivity contribution >= 4 is 39.5 Å². The summed E-state index contributed by atoms with van der Waals surface area (Å²) in [5.41, 5.74) is 0.826. The second-order valence-electron chi connectivity index (χ2n) is 6.08. The molecule has 1 aliphatic heterocycles. The number of halogens is 4. The normalized spacial score (nSPS) is 16.9. The van der Waals surface area contributed by atoms with Crippen molar-refractivity contribution in [3.63, 3.8) is 0 Å². The number of fused-ring (bicyclic) bond motifs is 3. The van der Waals surface area contributed by atoms with Crippen molar-refractivity contribution in [3.05, 3.63) is 29.0 Å². The maximum Gasteiger partial charge on any atom is 0.451 e. The molecule has 9 heteroatoms. The lowest BCUT2D eigenvalue weighted by Gasteiger charge is -2.33. The number of aromatic nitrogens is 2. The van der Waals surface area contributed by atoms with Crippen LogP contribution in [0.2, 0.25) is 5.02 Å². The monoisotopic (exact) mass is 370 g/mol. The highest BCUT2D eigenvalue weighted by molar-refractivity contribution is 6.31. The van der Waals surface area contributed by atoms with Crippen LogP contribution in [-0.2, 0) is 6.18 Å². The molecule has 0 unspecified atom stereocenters. The molecule has 0 radical (unpaired) electrons. The van der Waals surface area contributed by atoms with Gasteiger partial charge in [0.15, 0.2) is 11.4 Å². The van der Waals surface area contributed by atoms with Crippen molar-refractivity contribution in [2.24, 2.45) is 0 Å². The third kappa shape index (κ3) is 2.89. The fourth-order valence-electron chi connectivity index (χ4n) is 2.96. The Balaban J connectivity index is 1.97. The van der Waals surface area contributed by atoms with Crippen LogP contribution in [0.4, 0.5) is 19.0 Å². The van der Waals surface area contributed by atoms with Gasteiger partial charge in [0.05, 0.1) is 0 Å². The number of furan rings is 1. The summed E-state index contributed by atoms with van der Waals surface area (Å²) in [6.07, 6.45) is -4.64. The van der Waals surface area contributed by atoms with Crippen LogP contribution in [0.5, 0.6) is 0 Å². The van der Waals surface area contributed by atoms with E-state index in [4.69, 9.17) is 16.0 Å². The Morgan fingerprint density at radius 1 is 1.12 bits per heavy atom. The first kappa shape index (κ1) is 16.4. The predicted molar refractivity (Wildman–Crippen MR) is 89.0 cm³/mol. The van der Waals surface area contributed by atoms with Gasteiger partial charge in [-0.2, -0.15) is 13.2 Å². The molecule has 1 aromatic carbocycles. The number of nitrogens with zero attached hydrogens (tertiary/aromatic N) is 4. The Morgan fingerprint density at radius 2 is 1.84 bits per heavy atom. The van der Waals surface area contributed by atoms with E-state index in [1.54, 1.807) is 18.2 Å². The minimum absolute atomic E-state index is 0.133. The zero-order chi connectivity index (χ0) is 17.8. The molecule has 0 aliphatic carbocycles. The van der Waals surface area contributed by atoms with Crippen molar-refractivity contribution in [3.8, 4) is 0 Å². The third-order valence-corrected chi connectivity index (χ3v) is 4.55. The van der Waals surface area contributed by atoms with Gasteiger partial charge in [0, 0.05) is 36.6 Å². The topological polar surface area (TPSA) is 45.4 Å². The quantitative estimate of drug-likeness (QED) is 0.652. The molecule has 1 saturated heterocycles. The lowest BCUT2D eigenvalue weighted by atomic mass is 10.2. The summed E-state index contributed by atoms with van der Waals surface area (Å²) >= 11 is 5.99. The zero-order valence-corrected chi connectivity index (χ0v) is 14.0. The summed E-state index contributed by atoms with van der Waals surface area (Å²) in [4.78, 5) is 11.4. The molecule has 5 nitrogen and oxygen atoms in total. The molecule has 1 fully saturated rings. The van der Waals surface area contributed by atoms with E-state index in [1.165, 1.54) is 0 Å². The first-order chi connectivity index (χ1) is 11.8. The summed E-state index contributed by atoms with van der Waals surface area (Å²) < 4.78 is 45.7. The predicted octanol–water partition coefficient (Wildman–Crippen LogP) is 3.80. The standard InChI is InChI=1S/C16H14ClF3N4O/c1-23-4-6-24(7-5-23)14-13-12(21-15(22-14)16(18,19)20)10-8-9(17)2-3-11(10)25-13/h2-3,8H,4-7H2,1H3. The summed E-state index contributed by atoms with van der Waals surface area (Å²) in [5.74, 6) is -0.991. The molecule has 4 rings (SSSR count). The third-order valence-electron chi connectivity index (χ3n) is 4.31. The molecule has 0 spiro atoms. The van der Waals surface area contributed by atoms with Crippen LogP contribution in [0.1, 0.15) is 5.82 Å². The Hall–Kier alpha value is -2.06. The van der Waals surface area contributed by atoms with E-state index in [9.17, 15) is 13.2 Å². The SMILES string of the molecule is CN1CCN(c2nc(C(F)(F)F)nc3c2oc2ccc(Cl)cc23)CC1. The van der Waals surface area contributed by atoms with Gasteiger partial charge in [0.2, 0.25) is 5.82 Å². The second-order valence-corrected chi connectivity index (χ2v) is 6.52. The van der Waals surface area contributed by atoms with Gasteiger partial charge in [0.1, 0.15) is 11.1 Å². The van der Waals surface area contributed by atoms with Gasteiger partial charge in [0.25, 0.3) is 0 Å². The van der Waals surface area contributed by atoms with Crippen LogP contribution in [-0.4, -0.2) is 48.1 Å². The molecule has 2 aromatic heterocycles. The molecular weight excluding hydrogens is 357 g/mol. The highest BCUT2D eigenvalue weighted by Gasteiger charge is 2.37. The molecule has 3 heterocycles. The Labute approximate surface area is 146 Å². The van der Waals surface area contributed by atoms with E-state index >= 15 is 0 Å². The lowest BCUT2D eigenvalue weighted by Crippen LogP contribution is -2.45. The summed E-state index contributed by atoms with van der Waals surface area (Å²) in [6, 6.07) is 4.81. The molecule has 0 atom stereocenters. The van der Waals surface area contributed by atoms with Crippen LogP contribution >= 0.6 is 11.6 Å². The van der Waals surface area contributed by atoms with E-state index in [0.29, 0.717) is 29.1 Å². The average Bonchev–Trinajstić information content (AvgIpc) is 2.92. The van der Waals surface area contributed by atoms with Crippen LogP contribution in [0.25, 0.3) is 22.1 Å². The largest absolute Gasteiger partial charge is 0.451 e. The Bertz CT molecular complexity index is 948. The summed E-state index contributed by atoms with van der Waals surface area (Å²) in [5, 5.41) is 0.856. The van der Waals surface area contributed by atoms with Crippen molar-refractivity contribution in [1.82, 2.24) is 14.9 Å². The van der Waals surface area contributed by atoms with E-state index in [0.717, 1.165) is 13.1 Å². The van der Waals surface area contributed by atoms with Gasteiger partial charge >= 0.3 is 6.18 Å². The molecule has 0 saturated carbocycles. The number of rotatable bonds is 1. The van der Waals surface area contributed by atoms with Gasteiger partial charge in [-0.3, -0.25) is 0 Å². The number of hydrogen-bond acceptors (Lipinski definition) is 5. The number of benzene rings is 1. The van der Waals surface area contributed by atoms with Crippen molar-refractivity contribution in [2.75, 3.05) is 38.1 Å². The first-order valence-electron chi connectivity index (χ1n) is 7.73. The minimum atomic E-state index is -4.64. The Morgan fingerprint density at radius 3 is 2.52 bits per heavy atom. The molecule has 0 N–H and O–H groups in total. The number of piperazine rings is 1. The van der Waals surface area contributed by atoms with Gasteiger partial charge in [-0.05, 0) is 25.2 Å². The maximum absolute atomic E-state index is 13.3. The average molecular weight is 371 g/mol. The smallest absolute Gasteiger partial charge is 0.450 e. The van der Waals surface area contributed by atoms with Gasteiger partial charge in [-0.25, -0.2) is 9.97 Å². The fourth-order valence-corrected chi connectivity index (χ4v) is 3.13. The Kier molecular flexibility index (Phi) is 3.77. The van der Waals surface area contributed by atoms with Crippen LogP contribution in [0.15, 0.2) is 22.6 Å². The number of alkyl halides is 3. The van der Waals surface area contributed by atoms with E-state index in [-0.39, 0.29) is 16.9 Å². The number of hydrogen-bond donors (Lipinski definition) is 0. The molecule has 1 aliphatic rings. The second kappa shape index (κ2) is 5.74. The zero-order valence-electron chi connectivity index (χ0n) is 13.3. The molecule has 25 heavy (non-hydrogen) atoms. The maximum atomic E-state index is 13.3. The number of likely N-dealkylation sites (N-methyl/N-ethyl adjacent to an activating group) is 1. The van der Waals surface area contributed by atoms with Crippen LogP contribution in [0, 0.1) is 0 Å². The highest BCUT2D eigenvalue weighted by atomic mass is 35.5. The lowest BCUT2D eigenvalue weighted by molar-refractivity contribution is -0.144. The first-order valence-corrected chi connectivity index (χ1v) is 8.11. The molecule has 132 valence electrons. The highest BCUT2D eigenvalue weighted by Crippen LogP contribution is 2.37. The van der Waals surface area contributed by atoms with Gasteiger partial charge in [-0.15, -0.1) is 0 Å². The van der Waals surface area contributed by atoms with E-state index in [2.05, 4.69) is 14.9 Å². The van der Waals surface area contributed by atoms with Gasteiger partial charge in [-0.1, -0.05) is 11.6 Å². The van der Waals surface area contributed by atoms with Crippen LogP contribution in [0.3, 0.4) is 0 Å². The summed E-state index contributed by atoms with van der Waals surface area (Å²) in [6.45, 7) is 2.60. The number of anilines is 1. The van der Waals surface area contributed by atoms with E-state index < -0.39 is 12.0 Å². The van der Waals surface area contributed by atoms with E-state index in [1.807, 2.05) is 11.9 Å². The van der Waals surface area contributed by atoms with Crippen molar-refractivity contribution in [2.45, 2.75) is 6.18 Å². The molecule has 0 amide bonds. The van der Waals surface area contributed by atoms with Crippen molar-refractivity contribution < 1.29 is 17.6 Å². The fraction of sp³-hybridized carbons (Fsp3) is 0.375. The molecule has 3 aromatic rings. The van der Waals surface area contributed by atoms with Crippen LogP contribution < -0.4 is 4.90 Å². The van der Waals surface area contributed by atoms with Gasteiger partial charge < -0.3 is 14.2 Å². The molecule has 0 bridgehead atoms.